The molecule has 1 aromatic heterocycles. The summed E-state index contributed by atoms with van der Waals surface area (Å²) < 4.78 is 15.3. The molecule has 0 fully saturated rings. The minimum atomic E-state index is -0.244. The number of aromatic nitrogens is 1. The van der Waals surface area contributed by atoms with Crippen LogP contribution in [0.1, 0.15) is 25.3 Å². The van der Waals surface area contributed by atoms with Crippen LogP contribution in [0.25, 0.3) is 33.3 Å². The number of aryl methyl sites for hydroxylation is 1. The van der Waals surface area contributed by atoms with Crippen molar-refractivity contribution in [2.45, 2.75) is 26.2 Å². The number of nitrogens with two attached hydrogens (primary N) is 1. The van der Waals surface area contributed by atoms with E-state index in [0.29, 0.717) is 21.8 Å². The highest BCUT2D eigenvalue weighted by Crippen LogP contribution is 2.33. The fourth-order valence-corrected chi connectivity index (χ4v) is 3.65. The number of halogens is 2. The van der Waals surface area contributed by atoms with Crippen molar-refractivity contribution in [3.63, 3.8) is 0 Å². The van der Waals surface area contributed by atoms with Crippen LogP contribution in [0.5, 0.6) is 0 Å². The fourth-order valence-electron chi connectivity index (χ4n) is 3.47. The molecule has 142 valence electrons. The van der Waals surface area contributed by atoms with Crippen LogP contribution in [0, 0.1) is 5.82 Å². The summed E-state index contributed by atoms with van der Waals surface area (Å²) in [5.74, 6) is -0.244. The highest BCUT2D eigenvalue weighted by atomic mass is 35.5. The average Bonchev–Trinajstić information content (AvgIpc) is 3.15. The van der Waals surface area contributed by atoms with Crippen LogP contribution in [-0.2, 0) is 6.42 Å². The Labute approximate surface area is 169 Å². The number of hydrogen-bond acceptors (Lipinski definition) is 1. The molecule has 3 aromatic carbocycles. The number of unbranched alkanes of at least 4 members (excludes halogenated alkanes) is 1. The summed E-state index contributed by atoms with van der Waals surface area (Å²) in [6, 6.07) is 19.3. The van der Waals surface area contributed by atoms with Gasteiger partial charge in [-0.15, -0.1) is 0 Å². The van der Waals surface area contributed by atoms with Crippen LogP contribution >= 0.6 is 11.6 Å². The number of anilines is 1. The van der Waals surface area contributed by atoms with Gasteiger partial charge in [-0.3, -0.25) is 0 Å². The molecule has 0 saturated heterocycles. The highest BCUT2D eigenvalue weighted by molar-refractivity contribution is 6.33. The third-order valence-corrected chi connectivity index (χ3v) is 5.46. The second-order valence-electron chi connectivity index (χ2n) is 7.11. The number of nitrogens with one attached hydrogen (secondary N) is 1. The van der Waals surface area contributed by atoms with Gasteiger partial charge in [0.25, 0.3) is 0 Å². The first-order chi connectivity index (χ1) is 13.6. The SMILES string of the molecule is CCCCc1ccc(-c2ccc3cc(-c4ccc(N)c(Cl)c4)[nH]c3c2F)cc1. The lowest BCUT2D eigenvalue weighted by Gasteiger charge is -2.06. The van der Waals surface area contributed by atoms with Gasteiger partial charge in [0, 0.05) is 16.6 Å². The molecule has 0 aliphatic rings. The molecule has 4 aromatic rings. The lowest BCUT2D eigenvalue weighted by atomic mass is 10.0. The summed E-state index contributed by atoms with van der Waals surface area (Å²) in [4.78, 5) is 3.20. The number of benzene rings is 3. The number of H-pyrrole nitrogens is 1. The molecular weight excluding hydrogens is 371 g/mol. The molecule has 0 radical (unpaired) electrons. The molecule has 0 spiro atoms. The van der Waals surface area contributed by atoms with E-state index < -0.39 is 0 Å². The van der Waals surface area contributed by atoms with E-state index in [-0.39, 0.29) is 5.82 Å². The van der Waals surface area contributed by atoms with E-state index in [9.17, 15) is 0 Å². The molecule has 3 N–H and O–H groups in total. The summed E-state index contributed by atoms with van der Waals surface area (Å²) >= 11 is 6.13. The van der Waals surface area contributed by atoms with Crippen LogP contribution in [0.4, 0.5) is 10.1 Å². The molecule has 4 rings (SSSR count). The minimum absolute atomic E-state index is 0.244. The summed E-state index contributed by atoms with van der Waals surface area (Å²) in [7, 11) is 0. The van der Waals surface area contributed by atoms with E-state index in [2.05, 4.69) is 24.0 Å². The van der Waals surface area contributed by atoms with Gasteiger partial charge in [-0.25, -0.2) is 4.39 Å². The zero-order chi connectivity index (χ0) is 19.7. The van der Waals surface area contributed by atoms with Gasteiger partial charge in [0.05, 0.1) is 16.2 Å². The molecule has 4 heteroatoms. The maximum atomic E-state index is 15.3. The molecule has 0 aliphatic heterocycles. The molecule has 0 saturated carbocycles. The van der Waals surface area contributed by atoms with Gasteiger partial charge in [-0.2, -0.15) is 0 Å². The largest absolute Gasteiger partial charge is 0.398 e. The quantitative estimate of drug-likeness (QED) is 0.346. The summed E-state index contributed by atoms with van der Waals surface area (Å²) in [6.45, 7) is 2.18. The fraction of sp³-hybridized carbons (Fsp3) is 0.167. The van der Waals surface area contributed by atoms with Gasteiger partial charge in [0.1, 0.15) is 0 Å². The average molecular weight is 393 g/mol. The van der Waals surface area contributed by atoms with Crippen molar-refractivity contribution in [2.75, 3.05) is 5.73 Å². The molecule has 0 unspecified atom stereocenters. The van der Waals surface area contributed by atoms with E-state index >= 15 is 4.39 Å². The maximum Gasteiger partial charge on any atom is 0.155 e. The standard InChI is InChI=1S/C24H22ClFN2/c1-2-3-4-15-5-7-16(8-6-15)19-11-9-18-14-22(28-24(18)23(19)26)17-10-12-21(27)20(25)13-17/h5-14,28H,2-4,27H2,1H3. The monoisotopic (exact) mass is 392 g/mol. The Morgan fingerprint density at radius 1 is 0.964 bits per heavy atom. The molecule has 28 heavy (non-hydrogen) atoms. The summed E-state index contributed by atoms with van der Waals surface area (Å²) in [5.41, 5.74) is 11.2. The van der Waals surface area contributed by atoms with E-state index in [0.717, 1.165) is 28.6 Å². The van der Waals surface area contributed by atoms with E-state index in [1.165, 1.54) is 18.4 Å². The Hall–Kier alpha value is -2.78. The van der Waals surface area contributed by atoms with Crippen molar-refractivity contribution >= 4 is 28.2 Å². The van der Waals surface area contributed by atoms with E-state index in [1.54, 1.807) is 12.1 Å². The minimum Gasteiger partial charge on any atom is -0.398 e. The smallest absolute Gasteiger partial charge is 0.155 e. The molecule has 0 aliphatic carbocycles. The van der Waals surface area contributed by atoms with Gasteiger partial charge in [0.15, 0.2) is 5.82 Å². The number of rotatable bonds is 5. The van der Waals surface area contributed by atoms with Crippen LogP contribution in [0.2, 0.25) is 5.02 Å². The first kappa shape index (κ1) is 18.6. The zero-order valence-corrected chi connectivity index (χ0v) is 16.5. The third-order valence-electron chi connectivity index (χ3n) is 5.13. The number of fused-ring (bicyclic) bond motifs is 1. The van der Waals surface area contributed by atoms with Crippen molar-refractivity contribution in [2.24, 2.45) is 0 Å². The van der Waals surface area contributed by atoms with Crippen LogP contribution in [0.15, 0.2) is 60.7 Å². The van der Waals surface area contributed by atoms with Gasteiger partial charge < -0.3 is 10.7 Å². The van der Waals surface area contributed by atoms with Crippen molar-refractivity contribution in [3.05, 3.63) is 77.1 Å². The Bertz CT molecular complexity index is 1130. The Morgan fingerprint density at radius 2 is 1.71 bits per heavy atom. The first-order valence-electron chi connectivity index (χ1n) is 9.52. The predicted octanol–water partition coefficient (Wildman–Crippen LogP) is 7.22. The topological polar surface area (TPSA) is 41.8 Å². The Balaban J connectivity index is 1.71. The second-order valence-corrected chi connectivity index (χ2v) is 7.52. The van der Waals surface area contributed by atoms with Gasteiger partial charge in [0.2, 0.25) is 0 Å². The Morgan fingerprint density at radius 3 is 2.43 bits per heavy atom. The third kappa shape index (κ3) is 3.50. The van der Waals surface area contributed by atoms with Crippen LogP contribution in [0.3, 0.4) is 0 Å². The summed E-state index contributed by atoms with van der Waals surface area (Å²) in [5, 5.41) is 1.31. The van der Waals surface area contributed by atoms with Gasteiger partial charge >= 0.3 is 0 Å². The summed E-state index contributed by atoms with van der Waals surface area (Å²) in [6.07, 6.45) is 3.39. The van der Waals surface area contributed by atoms with Crippen LogP contribution < -0.4 is 5.73 Å². The predicted molar refractivity (Wildman–Crippen MR) is 117 cm³/mol. The molecule has 0 bridgehead atoms. The van der Waals surface area contributed by atoms with Crippen molar-refractivity contribution < 1.29 is 4.39 Å². The molecule has 0 atom stereocenters. The second kappa shape index (κ2) is 7.69. The van der Waals surface area contributed by atoms with Crippen molar-refractivity contribution in [1.82, 2.24) is 4.98 Å². The molecule has 1 heterocycles. The van der Waals surface area contributed by atoms with E-state index in [4.69, 9.17) is 17.3 Å². The first-order valence-corrected chi connectivity index (χ1v) is 9.90. The van der Waals surface area contributed by atoms with E-state index in [1.807, 2.05) is 36.4 Å². The molecule has 2 nitrogen and oxygen atoms in total. The lowest BCUT2D eigenvalue weighted by molar-refractivity contribution is 0.641. The Kier molecular flexibility index (Phi) is 5.10. The maximum absolute atomic E-state index is 15.3. The normalized spacial score (nSPS) is 11.2. The molecule has 0 amide bonds. The molecular formula is C24H22ClFN2. The van der Waals surface area contributed by atoms with Gasteiger partial charge in [-0.1, -0.05) is 67.4 Å². The number of aromatic amines is 1. The number of nitrogen functional groups attached to an aromatic ring is 1. The van der Waals surface area contributed by atoms with Gasteiger partial charge in [-0.05, 0) is 47.7 Å². The lowest BCUT2D eigenvalue weighted by Crippen LogP contribution is -1.89. The van der Waals surface area contributed by atoms with Crippen molar-refractivity contribution in [1.29, 1.82) is 0 Å². The highest BCUT2D eigenvalue weighted by Gasteiger charge is 2.13. The number of hydrogen-bond donors (Lipinski definition) is 2. The van der Waals surface area contributed by atoms with Crippen LogP contribution in [-0.4, -0.2) is 4.98 Å². The van der Waals surface area contributed by atoms with Crippen molar-refractivity contribution in [3.8, 4) is 22.4 Å². The zero-order valence-electron chi connectivity index (χ0n) is 15.7.